The number of ether oxygens (including phenoxy) is 2. The van der Waals surface area contributed by atoms with Gasteiger partial charge < -0.3 is 25.0 Å². The molecule has 1 aromatic carbocycles. The van der Waals surface area contributed by atoms with Crippen LogP contribution in [0.25, 0.3) is 0 Å². The highest BCUT2D eigenvalue weighted by Gasteiger charge is 2.15. The Kier molecular flexibility index (Phi) is 5.41. The van der Waals surface area contributed by atoms with Gasteiger partial charge in [0.05, 0.1) is 6.04 Å². The van der Waals surface area contributed by atoms with Crippen molar-refractivity contribution in [3.05, 3.63) is 18.2 Å². The van der Waals surface area contributed by atoms with Gasteiger partial charge in [0.25, 0.3) is 0 Å². The number of nitrogens with zero attached hydrogens (tertiary/aromatic N) is 1. The highest BCUT2D eigenvalue weighted by atomic mass is 16.6. The van der Waals surface area contributed by atoms with Gasteiger partial charge in [-0.15, -0.1) is 0 Å². The third-order valence-electron chi connectivity index (χ3n) is 3.21. The van der Waals surface area contributed by atoms with E-state index in [1.165, 1.54) is 0 Å². The zero-order chi connectivity index (χ0) is 15.2. The van der Waals surface area contributed by atoms with Crippen LogP contribution in [0.1, 0.15) is 6.92 Å². The number of fused-ring (bicyclic) bond motifs is 1. The van der Waals surface area contributed by atoms with Gasteiger partial charge >= 0.3 is 0 Å². The number of amides is 1. The Balaban J connectivity index is 1.87. The predicted molar refractivity (Wildman–Crippen MR) is 82.1 cm³/mol. The van der Waals surface area contributed by atoms with Crippen LogP contribution in [0.4, 0.5) is 5.69 Å². The van der Waals surface area contributed by atoms with E-state index in [2.05, 4.69) is 15.5 Å². The van der Waals surface area contributed by atoms with Gasteiger partial charge in [-0.25, -0.2) is 0 Å². The van der Waals surface area contributed by atoms with E-state index in [0.29, 0.717) is 24.7 Å². The minimum atomic E-state index is -0.252. The van der Waals surface area contributed by atoms with Crippen LogP contribution in [0.2, 0.25) is 0 Å². The second-order valence-corrected chi connectivity index (χ2v) is 5.33. The summed E-state index contributed by atoms with van der Waals surface area (Å²) >= 11 is 0. The summed E-state index contributed by atoms with van der Waals surface area (Å²) in [5.74, 6) is 1.33. The van der Waals surface area contributed by atoms with Crippen molar-refractivity contribution in [2.45, 2.75) is 13.0 Å². The van der Waals surface area contributed by atoms with Gasteiger partial charge in [-0.2, -0.15) is 0 Å². The van der Waals surface area contributed by atoms with Crippen molar-refractivity contribution in [1.29, 1.82) is 0 Å². The molecular formula is C15H23N3O3. The first kappa shape index (κ1) is 15.6. The summed E-state index contributed by atoms with van der Waals surface area (Å²) in [6.45, 7) is 4.60. The van der Waals surface area contributed by atoms with E-state index in [1.54, 1.807) is 6.07 Å². The minimum Gasteiger partial charge on any atom is -0.486 e. The van der Waals surface area contributed by atoms with Crippen LogP contribution in [0, 0.1) is 0 Å². The number of hydrogen-bond acceptors (Lipinski definition) is 5. The number of rotatable bonds is 6. The average Bonchev–Trinajstić information content (AvgIpc) is 2.46. The van der Waals surface area contributed by atoms with E-state index in [-0.39, 0.29) is 11.9 Å². The molecule has 6 nitrogen and oxygen atoms in total. The van der Waals surface area contributed by atoms with E-state index in [9.17, 15) is 4.79 Å². The molecule has 2 N–H and O–H groups in total. The molecule has 1 heterocycles. The summed E-state index contributed by atoms with van der Waals surface area (Å²) in [6.07, 6.45) is 0. The molecule has 0 saturated carbocycles. The zero-order valence-corrected chi connectivity index (χ0v) is 12.8. The third-order valence-corrected chi connectivity index (χ3v) is 3.21. The fourth-order valence-electron chi connectivity index (χ4n) is 1.97. The van der Waals surface area contributed by atoms with Crippen LogP contribution < -0.4 is 20.1 Å². The van der Waals surface area contributed by atoms with E-state index in [4.69, 9.17) is 9.47 Å². The summed E-state index contributed by atoms with van der Waals surface area (Å²) < 4.78 is 11.0. The van der Waals surface area contributed by atoms with Crippen molar-refractivity contribution in [2.75, 3.05) is 45.7 Å². The molecule has 0 spiro atoms. The Morgan fingerprint density at radius 3 is 2.71 bits per heavy atom. The quantitative estimate of drug-likeness (QED) is 0.817. The van der Waals surface area contributed by atoms with Crippen LogP contribution in [0.15, 0.2) is 18.2 Å². The van der Waals surface area contributed by atoms with Crippen molar-refractivity contribution in [2.24, 2.45) is 0 Å². The Labute approximate surface area is 125 Å². The lowest BCUT2D eigenvalue weighted by molar-refractivity contribution is -0.117. The molecule has 0 aliphatic carbocycles. The van der Waals surface area contributed by atoms with Crippen molar-refractivity contribution in [3.63, 3.8) is 0 Å². The van der Waals surface area contributed by atoms with Crippen LogP contribution in [-0.4, -0.2) is 57.2 Å². The molecule has 1 unspecified atom stereocenters. The summed E-state index contributed by atoms with van der Waals surface area (Å²) in [5, 5.41) is 6.07. The van der Waals surface area contributed by atoms with Crippen molar-refractivity contribution < 1.29 is 14.3 Å². The molecule has 1 atom stereocenters. The van der Waals surface area contributed by atoms with Gasteiger partial charge in [-0.1, -0.05) is 0 Å². The highest BCUT2D eigenvalue weighted by molar-refractivity contribution is 5.94. The molecule has 116 valence electrons. The maximum absolute atomic E-state index is 12.1. The topological polar surface area (TPSA) is 62.8 Å². The average molecular weight is 293 g/mol. The van der Waals surface area contributed by atoms with Gasteiger partial charge in [0.15, 0.2) is 11.5 Å². The minimum absolute atomic E-state index is 0.0644. The molecule has 0 aromatic heterocycles. The standard InChI is InChI=1S/C15H23N3O3/c1-11(16-6-7-18(2)3)15(19)17-12-4-5-13-14(10-12)21-9-8-20-13/h4-5,10-11,16H,6-9H2,1-3H3,(H,17,19). The molecule has 0 bridgehead atoms. The van der Waals surface area contributed by atoms with E-state index >= 15 is 0 Å². The SMILES string of the molecule is CC(NCCN(C)C)C(=O)Nc1ccc2c(c1)OCCO2. The Hall–Kier alpha value is -1.79. The van der Waals surface area contributed by atoms with Gasteiger partial charge in [0, 0.05) is 24.8 Å². The molecule has 1 aromatic rings. The fourth-order valence-corrected chi connectivity index (χ4v) is 1.97. The normalized spacial score (nSPS) is 14.9. The first-order valence-corrected chi connectivity index (χ1v) is 7.15. The van der Waals surface area contributed by atoms with Gasteiger partial charge in [0.1, 0.15) is 13.2 Å². The van der Waals surface area contributed by atoms with Gasteiger partial charge in [-0.05, 0) is 33.2 Å². The Morgan fingerprint density at radius 1 is 1.29 bits per heavy atom. The smallest absolute Gasteiger partial charge is 0.241 e. The lowest BCUT2D eigenvalue weighted by Crippen LogP contribution is -2.41. The molecule has 21 heavy (non-hydrogen) atoms. The van der Waals surface area contributed by atoms with Crippen LogP contribution in [-0.2, 0) is 4.79 Å². The molecule has 6 heteroatoms. The second-order valence-electron chi connectivity index (χ2n) is 5.33. The molecule has 0 saturated heterocycles. The maximum Gasteiger partial charge on any atom is 0.241 e. The number of likely N-dealkylation sites (N-methyl/N-ethyl adjacent to an activating group) is 1. The van der Waals surface area contributed by atoms with Crippen molar-refractivity contribution >= 4 is 11.6 Å². The highest BCUT2D eigenvalue weighted by Crippen LogP contribution is 2.32. The lowest BCUT2D eigenvalue weighted by Gasteiger charge is -2.20. The summed E-state index contributed by atoms with van der Waals surface area (Å²) in [6, 6.07) is 5.17. The Bertz CT molecular complexity index is 491. The molecule has 1 amide bonds. The number of nitrogens with one attached hydrogen (secondary N) is 2. The van der Waals surface area contributed by atoms with E-state index < -0.39 is 0 Å². The predicted octanol–water partition coefficient (Wildman–Crippen LogP) is 0.936. The van der Waals surface area contributed by atoms with Gasteiger partial charge in [0.2, 0.25) is 5.91 Å². The number of carbonyl (C=O) groups is 1. The monoisotopic (exact) mass is 293 g/mol. The van der Waals surface area contributed by atoms with Crippen LogP contribution in [0.5, 0.6) is 11.5 Å². The first-order valence-electron chi connectivity index (χ1n) is 7.15. The third kappa shape index (κ3) is 4.61. The molecule has 0 fully saturated rings. The fraction of sp³-hybridized carbons (Fsp3) is 0.533. The molecule has 1 aliphatic heterocycles. The van der Waals surface area contributed by atoms with E-state index in [1.807, 2.05) is 33.2 Å². The molecule has 1 aliphatic rings. The van der Waals surface area contributed by atoms with Crippen LogP contribution in [0.3, 0.4) is 0 Å². The first-order chi connectivity index (χ1) is 10.1. The summed E-state index contributed by atoms with van der Waals surface area (Å²) in [4.78, 5) is 14.2. The van der Waals surface area contributed by atoms with Crippen molar-refractivity contribution in [1.82, 2.24) is 10.2 Å². The largest absolute Gasteiger partial charge is 0.486 e. The van der Waals surface area contributed by atoms with E-state index in [0.717, 1.165) is 18.8 Å². The number of hydrogen-bond donors (Lipinski definition) is 2. The number of anilines is 1. The second kappa shape index (κ2) is 7.28. The molecular weight excluding hydrogens is 270 g/mol. The van der Waals surface area contributed by atoms with Gasteiger partial charge in [-0.3, -0.25) is 4.79 Å². The molecule has 0 radical (unpaired) electrons. The molecule has 2 rings (SSSR count). The summed E-state index contributed by atoms with van der Waals surface area (Å²) in [7, 11) is 4.00. The lowest BCUT2D eigenvalue weighted by atomic mass is 10.2. The maximum atomic E-state index is 12.1. The number of carbonyl (C=O) groups excluding carboxylic acids is 1. The Morgan fingerprint density at radius 2 is 2.00 bits per heavy atom. The summed E-state index contributed by atoms with van der Waals surface area (Å²) in [5.41, 5.74) is 0.713. The number of benzene rings is 1. The van der Waals surface area contributed by atoms with Crippen LogP contribution >= 0.6 is 0 Å². The zero-order valence-electron chi connectivity index (χ0n) is 12.8. The van der Waals surface area contributed by atoms with Crippen molar-refractivity contribution in [3.8, 4) is 11.5 Å².